The molecule has 92 valence electrons. The minimum absolute atomic E-state index is 0.0474. The number of aromatic nitrogens is 1. The van der Waals surface area contributed by atoms with Crippen LogP contribution in [0.15, 0.2) is 41.3 Å². The van der Waals surface area contributed by atoms with Crippen molar-refractivity contribution in [1.82, 2.24) is 4.57 Å². The van der Waals surface area contributed by atoms with Crippen molar-refractivity contribution in [3.05, 3.63) is 46.9 Å². The smallest absolute Gasteiger partial charge is 0.258 e. The van der Waals surface area contributed by atoms with Gasteiger partial charge in [0.15, 0.2) is 11.5 Å². The lowest BCUT2D eigenvalue weighted by Crippen LogP contribution is -2.18. The topological polar surface area (TPSA) is 60.7 Å². The Morgan fingerprint density at radius 2 is 1.83 bits per heavy atom. The molecule has 1 aliphatic rings. The minimum Gasteiger partial charge on any atom is -0.508 e. The Morgan fingerprint density at radius 3 is 2.61 bits per heavy atom. The molecule has 1 aromatic heterocycles. The number of hydrogen-bond donors (Lipinski definition) is 1. The molecule has 0 saturated carbocycles. The van der Waals surface area contributed by atoms with Crippen molar-refractivity contribution < 1.29 is 14.6 Å². The van der Waals surface area contributed by atoms with Gasteiger partial charge in [-0.3, -0.25) is 9.36 Å². The van der Waals surface area contributed by atoms with Gasteiger partial charge in [0.25, 0.3) is 5.56 Å². The van der Waals surface area contributed by atoms with E-state index in [0.29, 0.717) is 30.4 Å². The summed E-state index contributed by atoms with van der Waals surface area (Å²) in [6.07, 6.45) is 1.52. The fourth-order valence-electron chi connectivity index (χ4n) is 1.86. The Hall–Kier alpha value is -2.43. The second-order valence-electron chi connectivity index (χ2n) is 3.92. The van der Waals surface area contributed by atoms with Crippen molar-refractivity contribution in [3.63, 3.8) is 0 Å². The van der Waals surface area contributed by atoms with Gasteiger partial charge in [0.1, 0.15) is 19.0 Å². The van der Waals surface area contributed by atoms with Gasteiger partial charge >= 0.3 is 0 Å². The molecule has 1 aromatic carbocycles. The molecule has 0 atom stereocenters. The Labute approximate surface area is 103 Å². The first-order valence-electron chi connectivity index (χ1n) is 5.56. The molecule has 3 rings (SSSR count). The maximum absolute atomic E-state index is 11.7. The Morgan fingerprint density at radius 1 is 1.06 bits per heavy atom. The highest BCUT2D eigenvalue weighted by Crippen LogP contribution is 2.31. The monoisotopic (exact) mass is 245 g/mol. The van der Waals surface area contributed by atoms with Crippen molar-refractivity contribution in [2.24, 2.45) is 0 Å². The zero-order valence-corrected chi connectivity index (χ0v) is 9.50. The highest BCUT2D eigenvalue weighted by Gasteiger charge is 2.12. The maximum atomic E-state index is 11.7. The first kappa shape index (κ1) is 10.7. The van der Waals surface area contributed by atoms with Crippen LogP contribution in [-0.2, 0) is 0 Å². The Kier molecular flexibility index (Phi) is 2.44. The molecule has 0 spiro atoms. The summed E-state index contributed by atoms with van der Waals surface area (Å²) < 4.78 is 12.3. The lowest BCUT2D eigenvalue weighted by molar-refractivity contribution is 0.171. The predicted octanol–water partition coefficient (Wildman–Crippen LogP) is 1.31. The van der Waals surface area contributed by atoms with E-state index in [2.05, 4.69) is 0 Å². The number of hydrogen-bond acceptors (Lipinski definition) is 4. The molecule has 0 aliphatic carbocycles. The quantitative estimate of drug-likeness (QED) is 0.823. The summed E-state index contributed by atoms with van der Waals surface area (Å²) >= 11 is 0. The molecule has 1 N–H and O–H groups in total. The standard InChI is InChI=1S/C13H11NO4/c15-10-3-4-14(13(16)8-10)9-1-2-11-12(7-9)18-6-5-17-11/h1-4,7-8,15H,5-6H2. The predicted molar refractivity (Wildman–Crippen MR) is 64.7 cm³/mol. The van der Waals surface area contributed by atoms with Crippen molar-refractivity contribution in [2.75, 3.05) is 13.2 Å². The zero-order valence-electron chi connectivity index (χ0n) is 9.50. The van der Waals surface area contributed by atoms with Gasteiger partial charge in [0.05, 0.1) is 5.69 Å². The number of fused-ring (bicyclic) bond motifs is 1. The van der Waals surface area contributed by atoms with Crippen LogP contribution in [0.4, 0.5) is 0 Å². The summed E-state index contributed by atoms with van der Waals surface area (Å²) in [6.45, 7) is 1.03. The number of rotatable bonds is 1. The number of benzene rings is 1. The summed E-state index contributed by atoms with van der Waals surface area (Å²) in [7, 11) is 0. The molecular weight excluding hydrogens is 234 g/mol. The van der Waals surface area contributed by atoms with E-state index < -0.39 is 0 Å². The molecule has 2 aromatic rings. The van der Waals surface area contributed by atoms with Crippen molar-refractivity contribution in [3.8, 4) is 22.9 Å². The third-order valence-electron chi connectivity index (χ3n) is 2.71. The van der Waals surface area contributed by atoms with Gasteiger partial charge in [0.2, 0.25) is 0 Å². The fraction of sp³-hybridized carbons (Fsp3) is 0.154. The summed E-state index contributed by atoms with van der Waals surface area (Å²) in [5.41, 5.74) is 0.371. The molecule has 0 fully saturated rings. The third-order valence-corrected chi connectivity index (χ3v) is 2.71. The van der Waals surface area contributed by atoms with Gasteiger partial charge < -0.3 is 14.6 Å². The van der Waals surface area contributed by atoms with Gasteiger partial charge in [-0.1, -0.05) is 0 Å². The van der Waals surface area contributed by atoms with E-state index >= 15 is 0 Å². The molecule has 0 radical (unpaired) electrons. The van der Waals surface area contributed by atoms with Crippen molar-refractivity contribution in [2.45, 2.75) is 0 Å². The molecule has 5 nitrogen and oxygen atoms in total. The lowest BCUT2D eigenvalue weighted by Gasteiger charge is -2.19. The third kappa shape index (κ3) is 1.79. The second kappa shape index (κ2) is 4.10. The molecule has 0 bridgehead atoms. The van der Waals surface area contributed by atoms with Crippen LogP contribution in [0.25, 0.3) is 5.69 Å². The van der Waals surface area contributed by atoms with E-state index in [0.717, 1.165) is 6.07 Å². The summed E-state index contributed by atoms with van der Waals surface area (Å²) in [5.74, 6) is 1.25. The maximum Gasteiger partial charge on any atom is 0.258 e. The van der Waals surface area contributed by atoms with Gasteiger partial charge in [-0.2, -0.15) is 0 Å². The largest absolute Gasteiger partial charge is 0.508 e. The fourth-order valence-corrected chi connectivity index (χ4v) is 1.86. The molecular formula is C13H11NO4. The van der Waals surface area contributed by atoms with Gasteiger partial charge in [-0.15, -0.1) is 0 Å². The van der Waals surface area contributed by atoms with Crippen LogP contribution in [0.5, 0.6) is 17.2 Å². The summed E-state index contributed by atoms with van der Waals surface area (Å²) in [5, 5.41) is 9.22. The van der Waals surface area contributed by atoms with Crippen molar-refractivity contribution >= 4 is 0 Å². The molecule has 2 heterocycles. The molecule has 0 saturated heterocycles. The van der Waals surface area contributed by atoms with Crippen LogP contribution in [-0.4, -0.2) is 22.9 Å². The van der Waals surface area contributed by atoms with Crippen LogP contribution in [0.3, 0.4) is 0 Å². The molecule has 18 heavy (non-hydrogen) atoms. The lowest BCUT2D eigenvalue weighted by atomic mass is 10.2. The number of pyridine rings is 1. The number of ether oxygens (including phenoxy) is 2. The number of nitrogens with zero attached hydrogens (tertiary/aromatic N) is 1. The summed E-state index contributed by atoms with van der Waals surface area (Å²) in [4.78, 5) is 11.7. The molecule has 5 heteroatoms. The van der Waals surface area contributed by atoms with Crippen LogP contribution in [0.2, 0.25) is 0 Å². The average Bonchev–Trinajstić information content (AvgIpc) is 2.38. The van der Waals surface area contributed by atoms with Crippen LogP contribution >= 0.6 is 0 Å². The van der Waals surface area contributed by atoms with Gasteiger partial charge in [-0.05, 0) is 18.2 Å². The van der Waals surface area contributed by atoms with E-state index in [1.54, 1.807) is 18.2 Å². The number of aromatic hydroxyl groups is 1. The van der Waals surface area contributed by atoms with E-state index in [1.165, 1.54) is 16.8 Å². The van der Waals surface area contributed by atoms with Crippen LogP contribution < -0.4 is 15.0 Å². The Bertz CT molecular complexity index is 648. The average molecular weight is 245 g/mol. The van der Waals surface area contributed by atoms with E-state index in [-0.39, 0.29) is 11.3 Å². The second-order valence-corrected chi connectivity index (χ2v) is 3.92. The van der Waals surface area contributed by atoms with Crippen LogP contribution in [0, 0.1) is 0 Å². The van der Waals surface area contributed by atoms with Crippen LogP contribution in [0.1, 0.15) is 0 Å². The normalized spacial score (nSPS) is 13.3. The SMILES string of the molecule is O=c1cc(O)ccn1-c1ccc2c(c1)OCCO2. The minimum atomic E-state index is -0.299. The van der Waals surface area contributed by atoms with E-state index in [1.807, 2.05) is 0 Å². The molecule has 1 aliphatic heterocycles. The first-order valence-corrected chi connectivity index (χ1v) is 5.56. The van der Waals surface area contributed by atoms with E-state index in [4.69, 9.17) is 9.47 Å². The first-order chi connectivity index (χ1) is 8.74. The van der Waals surface area contributed by atoms with Crippen molar-refractivity contribution in [1.29, 1.82) is 0 Å². The summed E-state index contributed by atoms with van der Waals surface area (Å²) in [6, 6.07) is 7.90. The highest BCUT2D eigenvalue weighted by atomic mass is 16.6. The van der Waals surface area contributed by atoms with Gasteiger partial charge in [-0.25, -0.2) is 0 Å². The van der Waals surface area contributed by atoms with Gasteiger partial charge in [0, 0.05) is 18.3 Å². The molecule has 0 unspecified atom stereocenters. The zero-order chi connectivity index (χ0) is 12.5. The molecule has 0 amide bonds. The highest BCUT2D eigenvalue weighted by molar-refractivity contribution is 5.49. The Balaban J connectivity index is 2.09. The van der Waals surface area contributed by atoms with E-state index in [9.17, 15) is 9.90 Å².